The molecule has 0 heterocycles. The number of nitrogens with zero attached hydrogens (tertiary/aromatic N) is 2. The van der Waals surface area contributed by atoms with Gasteiger partial charge in [0.15, 0.2) is 0 Å². The molecule has 0 spiro atoms. The number of hydrogen-bond acceptors (Lipinski definition) is 4. The van der Waals surface area contributed by atoms with Gasteiger partial charge in [-0.2, -0.15) is 0 Å². The maximum atomic E-state index is 6.19. The van der Waals surface area contributed by atoms with Crippen molar-refractivity contribution in [3.8, 4) is 5.75 Å². The normalized spacial score (nSPS) is 14.7. The van der Waals surface area contributed by atoms with Gasteiger partial charge in [0.25, 0.3) is 0 Å². The Kier molecular flexibility index (Phi) is 6.28. The molecular weight excluding hydrogens is 238 g/mol. The minimum atomic E-state index is 0.0449. The standard InChI is InChI=1S/C15H27N3O/c1-12(16)15(18(4)11-10-17(2)3)13-8-6-7-9-14(13)19-5/h6-9,12,15H,10-11,16H2,1-5H3. The van der Waals surface area contributed by atoms with Crippen LogP contribution in [0.1, 0.15) is 18.5 Å². The predicted molar refractivity (Wildman–Crippen MR) is 80.6 cm³/mol. The molecule has 0 aliphatic carbocycles. The first-order chi connectivity index (χ1) is 8.97. The molecule has 0 bridgehead atoms. The van der Waals surface area contributed by atoms with E-state index in [0.717, 1.165) is 24.4 Å². The van der Waals surface area contributed by atoms with Gasteiger partial charge >= 0.3 is 0 Å². The van der Waals surface area contributed by atoms with Gasteiger partial charge in [0.2, 0.25) is 0 Å². The molecule has 1 aromatic carbocycles. The minimum Gasteiger partial charge on any atom is -0.496 e. The number of nitrogens with two attached hydrogens (primary N) is 1. The second-order valence-electron chi connectivity index (χ2n) is 5.33. The molecule has 2 N–H and O–H groups in total. The largest absolute Gasteiger partial charge is 0.496 e. The van der Waals surface area contributed by atoms with Crippen LogP contribution in [0.15, 0.2) is 24.3 Å². The summed E-state index contributed by atoms with van der Waals surface area (Å²) < 4.78 is 5.46. The lowest BCUT2D eigenvalue weighted by Crippen LogP contribution is -2.40. The Balaban J connectivity index is 2.93. The Morgan fingerprint density at radius 1 is 1.16 bits per heavy atom. The van der Waals surface area contributed by atoms with Gasteiger partial charge in [-0.3, -0.25) is 4.90 Å². The van der Waals surface area contributed by atoms with Crippen molar-refractivity contribution >= 4 is 0 Å². The number of likely N-dealkylation sites (N-methyl/N-ethyl adjacent to an activating group) is 2. The van der Waals surface area contributed by atoms with Crippen LogP contribution in [0.3, 0.4) is 0 Å². The van der Waals surface area contributed by atoms with Crippen LogP contribution in [0.25, 0.3) is 0 Å². The lowest BCUT2D eigenvalue weighted by atomic mass is 9.98. The Bertz CT molecular complexity index is 379. The molecule has 0 radical (unpaired) electrons. The summed E-state index contributed by atoms with van der Waals surface area (Å²) in [6, 6.07) is 8.32. The van der Waals surface area contributed by atoms with E-state index in [4.69, 9.17) is 10.5 Å². The fourth-order valence-electron chi connectivity index (χ4n) is 2.33. The highest BCUT2D eigenvalue weighted by molar-refractivity contribution is 5.36. The van der Waals surface area contributed by atoms with Crippen molar-refractivity contribution in [2.24, 2.45) is 5.73 Å². The van der Waals surface area contributed by atoms with Crippen molar-refractivity contribution in [2.75, 3.05) is 41.3 Å². The van der Waals surface area contributed by atoms with E-state index in [2.05, 4.69) is 37.0 Å². The van der Waals surface area contributed by atoms with Gasteiger partial charge in [-0.25, -0.2) is 0 Å². The number of hydrogen-bond donors (Lipinski definition) is 1. The second-order valence-corrected chi connectivity index (χ2v) is 5.33. The Morgan fingerprint density at radius 3 is 2.32 bits per heavy atom. The van der Waals surface area contributed by atoms with E-state index in [-0.39, 0.29) is 12.1 Å². The summed E-state index contributed by atoms with van der Waals surface area (Å²) in [6.45, 7) is 4.02. The van der Waals surface area contributed by atoms with E-state index in [9.17, 15) is 0 Å². The maximum Gasteiger partial charge on any atom is 0.123 e. The first kappa shape index (κ1) is 16.0. The van der Waals surface area contributed by atoms with Gasteiger partial charge in [0.05, 0.1) is 13.2 Å². The average molecular weight is 265 g/mol. The molecule has 0 aliphatic rings. The highest BCUT2D eigenvalue weighted by Gasteiger charge is 2.23. The predicted octanol–water partition coefficient (Wildman–Crippen LogP) is 1.58. The zero-order valence-corrected chi connectivity index (χ0v) is 12.8. The van der Waals surface area contributed by atoms with Crippen molar-refractivity contribution in [3.05, 3.63) is 29.8 Å². The molecule has 0 amide bonds. The van der Waals surface area contributed by atoms with Crippen LogP contribution >= 0.6 is 0 Å². The molecule has 0 saturated heterocycles. The molecule has 1 rings (SSSR count). The Hall–Kier alpha value is -1.10. The highest BCUT2D eigenvalue weighted by Crippen LogP contribution is 2.30. The number of ether oxygens (including phenoxy) is 1. The van der Waals surface area contributed by atoms with Crippen molar-refractivity contribution in [1.82, 2.24) is 9.80 Å². The second kappa shape index (κ2) is 7.48. The summed E-state index contributed by atoms with van der Waals surface area (Å²) in [5, 5.41) is 0. The first-order valence-corrected chi connectivity index (χ1v) is 6.70. The lowest BCUT2D eigenvalue weighted by Gasteiger charge is -2.33. The third kappa shape index (κ3) is 4.49. The highest BCUT2D eigenvalue weighted by atomic mass is 16.5. The van der Waals surface area contributed by atoms with E-state index in [0.29, 0.717) is 0 Å². The summed E-state index contributed by atoms with van der Waals surface area (Å²) >= 11 is 0. The topological polar surface area (TPSA) is 41.7 Å². The van der Waals surface area contributed by atoms with E-state index < -0.39 is 0 Å². The number of rotatable bonds is 7. The molecule has 2 atom stereocenters. The molecule has 4 heteroatoms. The van der Waals surface area contributed by atoms with E-state index in [1.165, 1.54) is 0 Å². The number of methoxy groups -OCH3 is 1. The first-order valence-electron chi connectivity index (χ1n) is 6.70. The Morgan fingerprint density at radius 2 is 1.79 bits per heavy atom. The molecular formula is C15H27N3O. The summed E-state index contributed by atoms with van der Waals surface area (Å²) in [5.41, 5.74) is 7.34. The molecule has 2 unspecified atom stereocenters. The average Bonchev–Trinajstić information content (AvgIpc) is 2.36. The maximum absolute atomic E-state index is 6.19. The van der Waals surface area contributed by atoms with E-state index in [1.807, 2.05) is 25.1 Å². The summed E-state index contributed by atoms with van der Waals surface area (Å²) in [5.74, 6) is 0.904. The molecule has 0 aliphatic heterocycles. The SMILES string of the molecule is COc1ccccc1C(C(C)N)N(C)CCN(C)C. The minimum absolute atomic E-state index is 0.0449. The van der Waals surface area contributed by atoms with Crippen LogP contribution in [0.4, 0.5) is 0 Å². The molecule has 0 fully saturated rings. The molecule has 0 saturated carbocycles. The van der Waals surface area contributed by atoms with Crippen LogP contribution in [0.2, 0.25) is 0 Å². The summed E-state index contributed by atoms with van der Waals surface area (Å²) in [7, 11) is 7.98. The van der Waals surface area contributed by atoms with Gasteiger partial charge in [0, 0.05) is 24.7 Å². The van der Waals surface area contributed by atoms with Crippen LogP contribution < -0.4 is 10.5 Å². The summed E-state index contributed by atoms with van der Waals surface area (Å²) in [6.07, 6.45) is 0. The van der Waals surface area contributed by atoms with Gasteiger partial charge in [-0.05, 0) is 34.1 Å². The monoisotopic (exact) mass is 265 g/mol. The van der Waals surface area contributed by atoms with Gasteiger partial charge in [0.1, 0.15) is 5.75 Å². The lowest BCUT2D eigenvalue weighted by molar-refractivity contribution is 0.195. The third-order valence-corrected chi connectivity index (χ3v) is 3.33. The molecule has 0 aromatic heterocycles. The van der Waals surface area contributed by atoms with Crippen LogP contribution in [0.5, 0.6) is 5.75 Å². The quantitative estimate of drug-likeness (QED) is 0.813. The van der Waals surface area contributed by atoms with Crippen molar-refractivity contribution in [2.45, 2.75) is 19.0 Å². The molecule has 108 valence electrons. The van der Waals surface area contributed by atoms with Crippen LogP contribution in [0, 0.1) is 0 Å². The fourth-order valence-corrected chi connectivity index (χ4v) is 2.33. The zero-order chi connectivity index (χ0) is 14.4. The Labute approximate surface area is 117 Å². The van der Waals surface area contributed by atoms with Crippen LogP contribution in [-0.4, -0.2) is 57.2 Å². The molecule has 1 aromatic rings. The van der Waals surface area contributed by atoms with Crippen molar-refractivity contribution < 1.29 is 4.74 Å². The zero-order valence-electron chi connectivity index (χ0n) is 12.8. The molecule has 19 heavy (non-hydrogen) atoms. The smallest absolute Gasteiger partial charge is 0.123 e. The molecule has 4 nitrogen and oxygen atoms in total. The third-order valence-electron chi connectivity index (χ3n) is 3.33. The summed E-state index contributed by atoms with van der Waals surface area (Å²) in [4.78, 5) is 4.47. The van der Waals surface area contributed by atoms with Crippen molar-refractivity contribution in [1.29, 1.82) is 0 Å². The van der Waals surface area contributed by atoms with Gasteiger partial charge < -0.3 is 15.4 Å². The van der Waals surface area contributed by atoms with Gasteiger partial charge in [-0.1, -0.05) is 18.2 Å². The number of para-hydroxylation sites is 1. The van der Waals surface area contributed by atoms with Crippen molar-refractivity contribution in [3.63, 3.8) is 0 Å². The van der Waals surface area contributed by atoms with Crippen LogP contribution in [-0.2, 0) is 0 Å². The van der Waals surface area contributed by atoms with E-state index in [1.54, 1.807) is 7.11 Å². The van der Waals surface area contributed by atoms with E-state index >= 15 is 0 Å². The number of benzene rings is 1. The van der Waals surface area contributed by atoms with Gasteiger partial charge in [-0.15, -0.1) is 0 Å². The fraction of sp³-hybridized carbons (Fsp3) is 0.600.